The highest BCUT2D eigenvalue weighted by Crippen LogP contribution is 2.38. The number of Topliss-reactive ketones (excluding diaryl/α,β-unsaturated/α-hetero) is 1. The van der Waals surface area contributed by atoms with E-state index in [2.05, 4.69) is 4.98 Å². The van der Waals surface area contributed by atoms with Gasteiger partial charge in [0, 0.05) is 66.8 Å². The van der Waals surface area contributed by atoms with Crippen LogP contribution in [0.15, 0.2) is 53.9 Å². The second-order valence-corrected chi connectivity index (χ2v) is 14.1. The van der Waals surface area contributed by atoms with Crippen LogP contribution in [0.25, 0.3) is 0 Å². The van der Waals surface area contributed by atoms with Crippen LogP contribution in [0, 0.1) is 18.8 Å². The number of ketones is 1. The van der Waals surface area contributed by atoms with Gasteiger partial charge >= 0.3 is 0 Å². The number of rotatable bonds is 10. The van der Waals surface area contributed by atoms with Gasteiger partial charge in [-0.05, 0) is 74.6 Å². The third kappa shape index (κ3) is 7.46. The molecule has 240 valence electrons. The first-order chi connectivity index (χ1) is 21.7. The smallest absolute Gasteiger partial charge is 0.254 e. The van der Waals surface area contributed by atoms with E-state index in [4.69, 9.17) is 0 Å². The van der Waals surface area contributed by atoms with Gasteiger partial charge < -0.3 is 14.9 Å². The molecule has 6 nitrogen and oxygen atoms in total. The summed E-state index contributed by atoms with van der Waals surface area (Å²) in [5, 5.41) is 14.4. The number of thiazole rings is 1. The van der Waals surface area contributed by atoms with E-state index >= 15 is 0 Å². The number of aromatic nitrogens is 1. The van der Waals surface area contributed by atoms with Crippen molar-refractivity contribution in [3.63, 3.8) is 0 Å². The third-order valence-electron chi connectivity index (χ3n) is 9.94. The first-order valence-electron chi connectivity index (χ1n) is 16.4. The Morgan fingerprint density at radius 1 is 1.00 bits per heavy atom. The zero-order valence-corrected chi connectivity index (χ0v) is 26.8. The van der Waals surface area contributed by atoms with Gasteiger partial charge in [-0.2, -0.15) is 0 Å². The number of alkyl halides is 2. The molecule has 3 heterocycles. The van der Waals surface area contributed by atoms with Gasteiger partial charge in [0.1, 0.15) is 5.01 Å². The lowest BCUT2D eigenvalue weighted by molar-refractivity contribution is -0.0220. The van der Waals surface area contributed by atoms with Crippen LogP contribution in [0.5, 0.6) is 0 Å². The largest absolute Gasteiger partial charge is 0.393 e. The molecule has 1 aliphatic carbocycles. The second-order valence-electron chi connectivity index (χ2n) is 13.2. The molecule has 0 spiro atoms. The number of benzene rings is 2. The van der Waals surface area contributed by atoms with Crippen LogP contribution in [0.1, 0.15) is 101 Å². The average molecular weight is 636 g/mol. The van der Waals surface area contributed by atoms with Crippen molar-refractivity contribution in [2.24, 2.45) is 11.8 Å². The van der Waals surface area contributed by atoms with Gasteiger partial charge in [0.15, 0.2) is 5.78 Å². The Kier molecular flexibility index (Phi) is 9.66. The number of aliphatic hydroxyl groups excluding tert-OH is 1. The van der Waals surface area contributed by atoms with Gasteiger partial charge in [0.05, 0.1) is 12.1 Å². The SMILES string of the molecule is Cc1csc([C@H]2CCCN2C(=O)c2cc(C(=O)C[C@@H](Cc3ccccc3)[C@H](O)C3CCCC3)cc(N3CCC(F)(F)CC3)c2)n1. The summed E-state index contributed by atoms with van der Waals surface area (Å²) in [5.41, 5.74) is 3.41. The third-order valence-corrected chi connectivity index (χ3v) is 11.0. The number of nitrogens with zero attached hydrogens (tertiary/aromatic N) is 3. The summed E-state index contributed by atoms with van der Waals surface area (Å²) < 4.78 is 28.1. The molecular weight excluding hydrogens is 592 g/mol. The number of hydrogen-bond acceptors (Lipinski definition) is 6. The number of carbonyl (C=O) groups is 2. The lowest BCUT2D eigenvalue weighted by atomic mass is 9.81. The molecule has 2 aromatic carbocycles. The topological polar surface area (TPSA) is 73.7 Å². The van der Waals surface area contributed by atoms with Crippen molar-refractivity contribution < 1.29 is 23.5 Å². The summed E-state index contributed by atoms with van der Waals surface area (Å²) in [6.45, 7) is 2.84. The maximum Gasteiger partial charge on any atom is 0.254 e. The number of aliphatic hydroxyl groups is 1. The van der Waals surface area contributed by atoms with Gasteiger partial charge in [-0.3, -0.25) is 9.59 Å². The molecule has 3 fully saturated rings. The molecule has 1 N–H and O–H groups in total. The zero-order valence-electron chi connectivity index (χ0n) is 26.0. The monoisotopic (exact) mass is 635 g/mol. The van der Waals surface area contributed by atoms with Gasteiger partial charge in [-0.15, -0.1) is 11.3 Å². The Hall–Kier alpha value is -3.17. The Balaban J connectivity index is 1.30. The number of amides is 1. The van der Waals surface area contributed by atoms with Crippen LogP contribution >= 0.6 is 11.3 Å². The van der Waals surface area contributed by atoms with Crippen LogP contribution < -0.4 is 4.90 Å². The molecule has 3 aliphatic rings. The number of aryl methyl sites for hydroxylation is 1. The number of halogens is 2. The van der Waals surface area contributed by atoms with Crippen molar-refractivity contribution in [1.29, 1.82) is 0 Å². The number of likely N-dealkylation sites (tertiary alicyclic amines) is 1. The van der Waals surface area contributed by atoms with E-state index in [9.17, 15) is 23.5 Å². The molecule has 1 aromatic heterocycles. The summed E-state index contributed by atoms with van der Waals surface area (Å²) in [6, 6.07) is 15.0. The van der Waals surface area contributed by atoms with E-state index in [1.165, 1.54) is 0 Å². The van der Waals surface area contributed by atoms with Crippen LogP contribution in [0.3, 0.4) is 0 Å². The molecular formula is C36H43F2N3O3S. The van der Waals surface area contributed by atoms with Crippen molar-refractivity contribution in [1.82, 2.24) is 9.88 Å². The van der Waals surface area contributed by atoms with E-state index in [1.807, 2.05) is 52.4 Å². The molecule has 6 rings (SSSR count). The lowest BCUT2D eigenvalue weighted by Gasteiger charge is -2.34. The second kappa shape index (κ2) is 13.7. The minimum atomic E-state index is -2.71. The van der Waals surface area contributed by atoms with E-state index in [-0.39, 0.29) is 61.9 Å². The summed E-state index contributed by atoms with van der Waals surface area (Å²) in [4.78, 5) is 36.6. The first kappa shape index (κ1) is 31.8. The average Bonchev–Trinajstić information content (AvgIpc) is 3.83. The maximum atomic E-state index is 14.1. The fourth-order valence-electron chi connectivity index (χ4n) is 7.40. The first-order valence-corrected chi connectivity index (χ1v) is 17.3. The quantitative estimate of drug-likeness (QED) is 0.232. The summed E-state index contributed by atoms with van der Waals surface area (Å²) in [6.07, 6.45) is 5.39. The van der Waals surface area contributed by atoms with Gasteiger partial charge in [0.2, 0.25) is 0 Å². The summed E-state index contributed by atoms with van der Waals surface area (Å²) in [7, 11) is 0. The van der Waals surface area contributed by atoms with Crippen LogP contribution in [-0.4, -0.2) is 58.3 Å². The van der Waals surface area contributed by atoms with Crippen LogP contribution in [0.4, 0.5) is 14.5 Å². The van der Waals surface area contributed by atoms with Crippen molar-refractivity contribution in [3.05, 3.63) is 81.3 Å². The predicted octanol–water partition coefficient (Wildman–Crippen LogP) is 7.65. The minimum Gasteiger partial charge on any atom is -0.393 e. The van der Waals surface area contributed by atoms with E-state index in [0.29, 0.717) is 29.8 Å². The van der Waals surface area contributed by atoms with Crippen molar-refractivity contribution in [2.45, 2.75) is 89.2 Å². The molecule has 9 heteroatoms. The standard InChI is InChI=1S/C36H43F2N3O3S/c1-24-23-45-34(39-24)31-12-7-15-41(31)35(44)29-19-27(20-30(21-29)40-16-13-36(37,38)14-17-40)32(42)22-28(18-25-8-3-2-4-9-25)33(43)26-10-5-6-11-26/h2-4,8-9,19-21,23,26,28,31,33,43H,5-7,10-18,22H2,1H3/t28-,31-,33-/m1/s1. The highest BCUT2D eigenvalue weighted by molar-refractivity contribution is 7.09. The van der Waals surface area contributed by atoms with E-state index in [1.54, 1.807) is 29.5 Å². The molecule has 3 aromatic rings. The highest BCUT2D eigenvalue weighted by Gasteiger charge is 2.37. The van der Waals surface area contributed by atoms with Gasteiger partial charge in [-0.1, -0.05) is 43.2 Å². The zero-order chi connectivity index (χ0) is 31.6. The summed E-state index contributed by atoms with van der Waals surface area (Å²) >= 11 is 1.56. The Labute approximate surface area is 268 Å². The van der Waals surface area contributed by atoms with Crippen molar-refractivity contribution in [2.75, 3.05) is 24.5 Å². The molecule has 3 atom stereocenters. The van der Waals surface area contributed by atoms with Gasteiger partial charge in [-0.25, -0.2) is 13.8 Å². The van der Waals surface area contributed by atoms with E-state index < -0.39 is 12.0 Å². The summed E-state index contributed by atoms with van der Waals surface area (Å²) in [5.74, 6) is -3.12. The molecule has 0 radical (unpaired) electrons. The van der Waals surface area contributed by atoms with Crippen LogP contribution in [-0.2, 0) is 6.42 Å². The molecule has 0 bridgehead atoms. The van der Waals surface area contributed by atoms with E-state index in [0.717, 1.165) is 54.8 Å². The Morgan fingerprint density at radius 2 is 1.71 bits per heavy atom. The molecule has 1 amide bonds. The molecule has 1 saturated carbocycles. The van der Waals surface area contributed by atoms with Crippen LogP contribution in [0.2, 0.25) is 0 Å². The fraction of sp³-hybridized carbons (Fsp3) is 0.528. The fourth-order valence-corrected chi connectivity index (χ4v) is 8.34. The Bertz CT molecular complexity index is 1480. The predicted molar refractivity (Wildman–Crippen MR) is 173 cm³/mol. The van der Waals surface area contributed by atoms with Crippen molar-refractivity contribution in [3.8, 4) is 0 Å². The Morgan fingerprint density at radius 3 is 2.40 bits per heavy atom. The highest BCUT2D eigenvalue weighted by atomic mass is 32.1. The molecule has 2 saturated heterocycles. The van der Waals surface area contributed by atoms with Crippen molar-refractivity contribution >= 4 is 28.7 Å². The maximum absolute atomic E-state index is 14.1. The number of hydrogen-bond donors (Lipinski definition) is 1. The lowest BCUT2D eigenvalue weighted by Crippen LogP contribution is -2.39. The molecule has 2 aliphatic heterocycles. The number of carbonyl (C=O) groups excluding carboxylic acids is 2. The number of piperidine rings is 1. The number of anilines is 1. The normalized spacial score (nSPS) is 21.6. The molecule has 0 unspecified atom stereocenters. The minimum absolute atomic E-state index is 0.121. The molecule has 45 heavy (non-hydrogen) atoms. The van der Waals surface area contributed by atoms with Gasteiger partial charge in [0.25, 0.3) is 11.8 Å².